The lowest BCUT2D eigenvalue weighted by molar-refractivity contribution is -0.122. The van der Waals surface area contributed by atoms with Gasteiger partial charge in [-0.1, -0.05) is 29.3 Å². The molecule has 0 unspecified atom stereocenters. The molecule has 0 bridgehead atoms. The zero-order valence-corrected chi connectivity index (χ0v) is 13.0. The molecule has 0 radical (unpaired) electrons. The molecule has 1 aliphatic carbocycles. The van der Waals surface area contributed by atoms with Crippen LogP contribution in [0.1, 0.15) is 29.2 Å². The number of benzene rings is 1. The molecule has 1 amide bonds. The molecule has 1 aliphatic rings. The largest absolute Gasteiger partial charge is 0.352 e. The van der Waals surface area contributed by atoms with Crippen LogP contribution in [0.15, 0.2) is 24.4 Å². The lowest BCUT2D eigenvalue weighted by Crippen LogP contribution is -2.25. The summed E-state index contributed by atoms with van der Waals surface area (Å²) in [5.74, 6) is 0.339. The molecule has 1 aromatic heterocycles. The molecule has 21 heavy (non-hydrogen) atoms. The summed E-state index contributed by atoms with van der Waals surface area (Å²) in [6.45, 7) is 2.44. The van der Waals surface area contributed by atoms with Crippen LogP contribution in [0, 0.1) is 12.8 Å². The number of H-pyrrole nitrogens is 1. The Balaban J connectivity index is 1.58. The summed E-state index contributed by atoms with van der Waals surface area (Å²) in [6, 6.07) is 5.57. The number of aromatic nitrogens is 2. The molecule has 0 aliphatic heterocycles. The van der Waals surface area contributed by atoms with Gasteiger partial charge in [0.15, 0.2) is 0 Å². The minimum absolute atomic E-state index is 0.0226. The van der Waals surface area contributed by atoms with Crippen molar-refractivity contribution in [1.82, 2.24) is 15.5 Å². The molecule has 3 rings (SSSR count). The third-order valence-corrected chi connectivity index (χ3v) is 4.63. The van der Waals surface area contributed by atoms with Crippen LogP contribution in [-0.2, 0) is 11.3 Å². The Hall–Kier alpha value is -1.52. The summed E-state index contributed by atoms with van der Waals surface area (Å²) >= 11 is 11.9. The fourth-order valence-corrected chi connectivity index (χ4v) is 2.77. The lowest BCUT2D eigenvalue weighted by atomic mass is 10.1. The van der Waals surface area contributed by atoms with Gasteiger partial charge in [0.25, 0.3) is 0 Å². The van der Waals surface area contributed by atoms with E-state index >= 15 is 0 Å². The number of nitrogens with zero attached hydrogens (tertiary/aromatic N) is 1. The molecular formula is C15H15Cl2N3O. The molecule has 1 aromatic carbocycles. The molecule has 2 atom stereocenters. The lowest BCUT2D eigenvalue weighted by Gasteiger charge is -2.05. The zero-order valence-electron chi connectivity index (χ0n) is 11.5. The van der Waals surface area contributed by atoms with E-state index in [2.05, 4.69) is 15.5 Å². The Morgan fingerprint density at radius 2 is 2.24 bits per heavy atom. The number of nitrogens with one attached hydrogen (secondary N) is 2. The van der Waals surface area contributed by atoms with Crippen LogP contribution in [0.25, 0.3) is 0 Å². The number of hydrogen-bond donors (Lipinski definition) is 2. The van der Waals surface area contributed by atoms with E-state index < -0.39 is 0 Å². The molecule has 1 heterocycles. The Kier molecular flexibility index (Phi) is 3.91. The summed E-state index contributed by atoms with van der Waals surface area (Å²) in [4.78, 5) is 12.1. The summed E-state index contributed by atoms with van der Waals surface area (Å²) < 4.78 is 0. The molecule has 0 spiro atoms. The summed E-state index contributed by atoms with van der Waals surface area (Å²) in [5.41, 5.74) is 3.06. The number of rotatable bonds is 4. The highest BCUT2D eigenvalue weighted by Crippen LogP contribution is 2.48. The molecule has 0 saturated heterocycles. The van der Waals surface area contributed by atoms with Gasteiger partial charge in [-0.15, -0.1) is 0 Å². The minimum atomic E-state index is 0.0226. The molecule has 1 fully saturated rings. The first kappa shape index (κ1) is 14.4. The number of hydrogen-bond acceptors (Lipinski definition) is 2. The van der Waals surface area contributed by atoms with Crippen molar-refractivity contribution in [2.24, 2.45) is 5.92 Å². The molecule has 6 heteroatoms. The van der Waals surface area contributed by atoms with Crippen molar-refractivity contribution >= 4 is 29.1 Å². The van der Waals surface area contributed by atoms with Crippen molar-refractivity contribution < 1.29 is 4.79 Å². The zero-order chi connectivity index (χ0) is 15.0. The first-order valence-electron chi connectivity index (χ1n) is 6.77. The van der Waals surface area contributed by atoms with Gasteiger partial charge in [0.1, 0.15) is 0 Å². The number of aromatic amines is 1. The van der Waals surface area contributed by atoms with Crippen molar-refractivity contribution in [2.75, 3.05) is 0 Å². The first-order chi connectivity index (χ1) is 10.1. The van der Waals surface area contributed by atoms with E-state index in [-0.39, 0.29) is 17.7 Å². The normalized spacial score (nSPS) is 20.3. The fraction of sp³-hybridized carbons (Fsp3) is 0.333. The van der Waals surface area contributed by atoms with Crippen LogP contribution in [0.5, 0.6) is 0 Å². The second-order valence-corrected chi connectivity index (χ2v) is 6.17. The van der Waals surface area contributed by atoms with E-state index in [0.717, 1.165) is 23.2 Å². The minimum Gasteiger partial charge on any atom is -0.352 e. The highest BCUT2D eigenvalue weighted by molar-refractivity contribution is 6.42. The van der Waals surface area contributed by atoms with Crippen LogP contribution in [0.3, 0.4) is 0 Å². The Bertz CT molecular complexity index is 683. The summed E-state index contributed by atoms with van der Waals surface area (Å²) in [7, 11) is 0. The van der Waals surface area contributed by atoms with Gasteiger partial charge in [-0.2, -0.15) is 5.10 Å². The van der Waals surface area contributed by atoms with Gasteiger partial charge >= 0.3 is 0 Å². The third kappa shape index (κ3) is 3.06. The molecule has 2 N–H and O–H groups in total. The number of carbonyl (C=O) groups excluding carboxylic acids is 1. The number of amides is 1. The third-order valence-electron chi connectivity index (χ3n) is 3.89. The van der Waals surface area contributed by atoms with Crippen LogP contribution in [0.2, 0.25) is 10.0 Å². The van der Waals surface area contributed by atoms with Gasteiger partial charge in [-0.25, -0.2) is 0 Å². The van der Waals surface area contributed by atoms with Crippen molar-refractivity contribution in [3.05, 3.63) is 51.3 Å². The van der Waals surface area contributed by atoms with E-state index in [1.165, 1.54) is 0 Å². The summed E-state index contributed by atoms with van der Waals surface area (Å²) in [6.07, 6.45) is 2.59. The molecule has 2 aromatic rings. The monoisotopic (exact) mass is 323 g/mol. The maximum Gasteiger partial charge on any atom is 0.224 e. The predicted molar refractivity (Wildman–Crippen MR) is 82.5 cm³/mol. The van der Waals surface area contributed by atoms with E-state index in [0.29, 0.717) is 16.6 Å². The van der Waals surface area contributed by atoms with E-state index in [4.69, 9.17) is 23.2 Å². The maximum atomic E-state index is 12.1. The first-order valence-corrected chi connectivity index (χ1v) is 7.53. The molecule has 110 valence electrons. The summed E-state index contributed by atoms with van der Waals surface area (Å²) in [5, 5.41) is 10.8. The molecule has 1 saturated carbocycles. The van der Waals surface area contributed by atoms with Gasteiger partial charge in [0.05, 0.1) is 16.2 Å². The quantitative estimate of drug-likeness (QED) is 0.905. The van der Waals surface area contributed by atoms with Crippen molar-refractivity contribution in [3.8, 4) is 0 Å². The van der Waals surface area contributed by atoms with Crippen LogP contribution < -0.4 is 5.32 Å². The van der Waals surface area contributed by atoms with Gasteiger partial charge < -0.3 is 5.32 Å². The van der Waals surface area contributed by atoms with E-state index in [9.17, 15) is 4.79 Å². The van der Waals surface area contributed by atoms with Gasteiger partial charge in [-0.05, 0) is 37.0 Å². The smallest absolute Gasteiger partial charge is 0.224 e. The highest BCUT2D eigenvalue weighted by atomic mass is 35.5. The average molecular weight is 324 g/mol. The average Bonchev–Trinajstić information content (AvgIpc) is 3.16. The maximum absolute atomic E-state index is 12.1. The Morgan fingerprint density at radius 3 is 2.90 bits per heavy atom. The van der Waals surface area contributed by atoms with Crippen molar-refractivity contribution in [2.45, 2.75) is 25.8 Å². The number of halogens is 2. The second-order valence-electron chi connectivity index (χ2n) is 5.36. The SMILES string of the molecule is Cc1[nH]ncc1CNC(=O)[C@H]1C[C@@H]1c1ccc(Cl)c(Cl)c1. The number of carbonyl (C=O) groups is 1. The van der Waals surface area contributed by atoms with Crippen molar-refractivity contribution in [3.63, 3.8) is 0 Å². The van der Waals surface area contributed by atoms with E-state index in [1.807, 2.05) is 19.1 Å². The molecular weight excluding hydrogens is 309 g/mol. The second kappa shape index (κ2) is 5.70. The van der Waals surface area contributed by atoms with Gasteiger partial charge in [-0.3, -0.25) is 9.89 Å². The van der Waals surface area contributed by atoms with Crippen LogP contribution >= 0.6 is 23.2 Å². The standard InChI is InChI=1S/C15H15Cl2N3O/c1-8-10(7-19-20-8)6-18-15(21)12-5-11(12)9-2-3-13(16)14(17)4-9/h2-4,7,11-12H,5-6H2,1H3,(H,18,21)(H,19,20)/t11-,12+/m1/s1. The topological polar surface area (TPSA) is 57.8 Å². The van der Waals surface area contributed by atoms with Crippen LogP contribution in [-0.4, -0.2) is 16.1 Å². The fourth-order valence-electron chi connectivity index (χ4n) is 2.46. The van der Waals surface area contributed by atoms with Gasteiger partial charge in [0.2, 0.25) is 5.91 Å². The number of aryl methyl sites for hydroxylation is 1. The van der Waals surface area contributed by atoms with Crippen LogP contribution in [0.4, 0.5) is 0 Å². The highest BCUT2D eigenvalue weighted by Gasteiger charge is 2.43. The predicted octanol–water partition coefficient (Wildman–Crippen LogP) is 3.44. The molecule has 4 nitrogen and oxygen atoms in total. The van der Waals surface area contributed by atoms with E-state index in [1.54, 1.807) is 12.3 Å². The van der Waals surface area contributed by atoms with Crippen molar-refractivity contribution in [1.29, 1.82) is 0 Å². The Labute approximate surface area is 132 Å². The van der Waals surface area contributed by atoms with Gasteiger partial charge in [0, 0.05) is 23.7 Å². The Morgan fingerprint density at radius 1 is 1.43 bits per heavy atom.